The van der Waals surface area contributed by atoms with Crippen molar-refractivity contribution in [2.75, 3.05) is 6.61 Å². The highest BCUT2D eigenvalue weighted by Crippen LogP contribution is 2.52. The van der Waals surface area contributed by atoms with Gasteiger partial charge in [0, 0.05) is 29.9 Å². The Morgan fingerprint density at radius 3 is 2.33 bits per heavy atom. The molecule has 1 heterocycles. The van der Waals surface area contributed by atoms with Crippen molar-refractivity contribution in [1.82, 2.24) is 5.32 Å². The Balaban J connectivity index is 1.54. The number of aliphatic carboxylic acids is 1. The smallest absolute Gasteiger partial charge is 0.306 e. The molecule has 3 rings (SSSR count). The van der Waals surface area contributed by atoms with E-state index in [9.17, 15) is 9.59 Å². The molecule has 0 aromatic rings. The zero-order valence-corrected chi connectivity index (χ0v) is 12.8. The fourth-order valence-electron chi connectivity index (χ4n) is 4.49. The van der Waals surface area contributed by atoms with Gasteiger partial charge in [0.25, 0.3) is 0 Å². The van der Waals surface area contributed by atoms with E-state index in [1.807, 2.05) is 0 Å². The van der Waals surface area contributed by atoms with Crippen LogP contribution in [0.25, 0.3) is 0 Å². The molecule has 1 amide bonds. The highest BCUT2D eigenvalue weighted by atomic mass is 16.5. The van der Waals surface area contributed by atoms with Gasteiger partial charge in [-0.05, 0) is 32.1 Å². The molecular formula is C16H25NO4. The van der Waals surface area contributed by atoms with Gasteiger partial charge in [-0.2, -0.15) is 0 Å². The molecule has 0 spiro atoms. The highest BCUT2D eigenvalue weighted by molar-refractivity contribution is 5.80. The van der Waals surface area contributed by atoms with Crippen molar-refractivity contribution in [2.45, 2.75) is 58.1 Å². The van der Waals surface area contributed by atoms with Gasteiger partial charge in [-0.25, -0.2) is 0 Å². The van der Waals surface area contributed by atoms with Crippen LogP contribution >= 0.6 is 0 Å². The first-order chi connectivity index (χ1) is 9.91. The van der Waals surface area contributed by atoms with Gasteiger partial charge in [-0.1, -0.05) is 13.8 Å². The lowest BCUT2D eigenvalue weighted by Crippen LogP contribution is -2.67. The molecule has 3 fully saturated rings. The topological polar surface area (TPSA) is 75.6 Å². The van der Waals surface area contributed by atoms with Gasteiger partial charge in [0.1, 0.15) is 0 Å². The van der Waals surface area contributed by atoms with E-state index < -0.39 is 5.97 Å². The molecule has 118 valence electrons. The van der Waals surface area contributed by atoms with Gasteiger partial charge < -0.3 is 15.2 Å². The van der Waals surface area contributed by atoms with Crippen molar-refractivity contribution < 1.29 is 19.4 Å². The molecular weight excluding hydrogens is 270 g/mol. The van der Waals surface area contributed by atoms with Gasteiger partial charge in [0.2, 0.25) is 5.91 Å². The Kier molecular flexibility index (Phi) is 3.72. The summed E-state index contributed by atoms with van der Waals surface area (Å²) >= 11 is 0. The summed E-state index contributed by atoms with van der Waals surface area (Å²) in [6.07, 6.45) is 3.95. The van der Waals surface area contributed by atoms with Crippen LogP contribution < -0.4 is 5.32 Å². The molecule has 5 heteroatoms. The minimum atomic E-state index is -0.722. The molecule has 5 nitrogen and oxygen atoms in total. The fourth-order valence-corrected chi connectivity index (χ4v) is 4.49. The number of amides is 1. The summed E-state index contributed by atoms with van der Waals surface area (Å²) in [5.41, 5.74) is 0.00902. The van der Waals surface area contributed by atoms with Crippen LogP contribution in [0.1, 0.15) is 46.0 Å². The third-order valence-electron chi connectivity index (χ3n) is 5.85. The lowest BCUT2D eigenvalue weighted by molar-refractivity contribution is -0.146. The van der Waals surface area contributed by atoms with Gasteiger partial charge in [-0.3, -0.25) is 9.59 Å². The van der Waals surface area contributed by atoms with Crippen molar-refractivity contribution in [1.29, 1.82) is 0 Å². The second-order valence-electron chi connectivity index (χ2n) is 7.44. The Bertz CT molecular complexity index is 440. The van der Waals surface area contributed by atoms with E-state index in [2.05, 4.69) is 19.2 Å². The van der Waals surface area contributed by atoms with Crippen molar-refractivity contribution in [2.24, 2.45) is 23.2 Å². The first-order valence-corrected chi connectivity index (χ1v) is 8.06. The minimum Gasteiger partial charge on any atom is -0.481 e. The molecule has 21 heavy (non-hydrogen) atoms. The van der Waals surface area contributed by atoms with Crippen LogP contribution in [-0.4, -0.2) is 35.7 Å². The molecule has 1 saturated heterocycles. The molecule has 2 N–H and O–H groups in total. The monoisotopic (exact) mass is 295 g/mol. The van der Waals surface area contributed by atoms with Gasteiger partial charge in [-0.15, -0.1) is 0 Å². The van der Waals surface area contributed by atoms with Crippen LogP contribution in [0.3, 0.4) is 0 Å². The Labute approximate surface area is 125 Å². The van der Waals surface area contributed by atoms with Crippen LogP contribution in [0.15, 0.2) is 0 Å². The summed E-state index contributed by atoms with van der Waals surface area (Å²) in [4.78, 5) is 23.4. The highest BCUT2D eigenvalue weighted by Gasteiger charge is 2.59. The normalized spacial score (nSPS) is 41.0. The molecule has 3 atom stereocenters. The second kappa shape index (κ2) is 5.27. The quantitative estimate of drug-likeness (QED) is 0.832. The fraction of sp³-hybridized carbons (Fsp3) is 0.875. The maximum atomic E-state index is 12.5. The van der Waals surface area contributed by atoms with Gasteiger partial charge >= 0.3 is 5.97 Å². The van der Waals surface area contributed by atoms with Crippen LogP contribution in [-0.2, 0) is 14.3 Å². The first-order valence-electron chi connectivity index (χ1n) is 8.06. The number of nitrogens with one attached hydrogen (secondary N) is 1. The number of hydrogen-bond donors (Lipinski definition) is 2. The van der Waals surface area contributed by atoms with E-state index in [-0.39, 0.29) is 35.3 Å². The van der Waals surface area contributed by atoms with Crippen LogP contribution in [0.4, 0.5) is 0 Å². The Hall–Kier alpha value is -1.10. The maximum absolute atomic E-state index is 12.5. The average Bonchev–Trinajstić information content (AvgIpc) is 2.91. The van der Waals surface area contributed by atoms with Crippen LogP contribution in [0.2, 0.25) is 0 Å². The number of carboxylic acid groups (broad SMARTS) is 1. The Morgan fingerprint density at radius 2 is 1.71 bits per heavy atom. The first kappa shape index (κ1) is 14.8. The largest absolute Gasteiger partial charge is 0.481 e. The lowest BCUT2D eigenvalue weighted by Gasteiger charge is -2.54. The van der Waals surface area contributed by atoms with Crippen molar-refractivity contribution in [3.05, 3.63) is 0 Å². The molecule has 1 aliphatic heterocycles. The third-order valence-corrected chi connectivity index (χ3v) is 5.85. The third kappa shape index (κ3) is 2.45. The van der Waals surface area contributed by atoms with E-state index in [1.165, 1.54) is 0 Å². The molecule has 0 radical (unpaired) electrons. The molecule has 2 aliphatic carbocycles. The zero-order chi connectivity index (χ0) is 15.2. The van der Waals surface area contributed by atoms with Crippen molar-refractivity contribution in [3.63, 3.8) is 0 Å². The van der Waals surface area contributed by atoms with E-state index in [4.69, 9.17) is 9.84 Å². The SMILES string of the molecule is CC1(C)C(NC(=O)C2CCC(C(=O)O)CC2)C2CCOC21. The summed E-state index contributed by atoms with van der Waals surface area (Å²) in [5.74, 6) is -0.430. The summed E-state index contributed by atoms with van der Waals surface area (Å²) in [6, 6.07) is 0.203. The number of ether oxygens (including phenoxy) is 1. The predicted molar refractivity (Wildman–Crippen MR) is 76.6 cm³/mol. The summed E-state index contributed by atoms with van der Waals surface area (Å²) < 4.78 is 5.75. The van der Waals surface area contributed by atoms with Crippen molar-refractivity contribution in [3.8, 4) is 0 Å². The molecule has 2 saturated carbocycles. The summed E-state index contributed by atoms with van der Waals surface area (Å²) in [7, 11) is 0. The van der Waals surface area contributed by atoms with E-state index >= 15 is 0 Å². The van der Waals surface area contributed by atoms with Crippen molar-refractivity contribution >= 4 is 11.9 Å². The van der Waals surface area contributed by atoms with Crippen LogP contribution in [0.5, 0.6) is 0 Å². The van der Waals surface area contributed by atoms with Gasteiger partial charge in [0.15, 0.2) is 0 Å². The number of hydrogen-bond acceptors (Lipinski definition) is 3. The summed E-state index contributed by atoms with van der Waals surface area (Å²) in [6.45, 7) is 5.12. The molecule has 3 unspecified atom stereocenters. The lowest BCUT2D eigenvalue weighted by atomic mass is 9.57. The number of fused-ring (bicyclic) bond motifs is 1. The molecule has 0 aromatic heterocycles. The molecule has 3 aliphatic rings. The van der Waals surface area contributed by atoms with E-state index in [0.717, 1.165) is 13.0 Å². The van der Waals surface area contributed by atoms with E-state index in [1.54, 1.807) is 0 Å². The minimum absolute atomic E-state index is 0.00902. The number of carbonyl (C=O) groups excluding carboxylic acids is 1. The van der Waals surface area contributed by atoms with Gasteiger partial charge in [0.05, 0.1) is 12.0 Å². The standard InChI is InChI=1S/C16H25NO4/c1-16(2)12(11-7-8-21-13(11)16)17-14(18)9-3-5-10(6-4-9)15(19)20/h9-13H,3-8H2,1-2H3,(H,17,18)(H,19,20). The second-order valence-corrected chi connectivity index (χ2v) is 7.44. The number of carbonyl (C=O) groups is 2. The van der Waals surface area contributed by atoms with E-state index in [0.29, 0.717) is 31.6 Å². The molecule has 0 bridgehead atoms. The Morgan fingerprint density at radius 1 is 1.10 bits per heavy atom. The summed E-state index contributed by atoms with van der Waals surface area (Å²) in [5, 5.41) is 12.2. The number of rotatable bonds is 3. The van der Waals surface area contributed by atoms with Crippen LogP contribution in [0, 0.1) is 23.2 Å². The predicted octanol–water partition coefficient (Wildman–Crippen LogP) is 1.81. The zero-order valence-electron chi connectivity index (χ0n) is 12.8. The average molecular weight is 295 g/mol. The number of carboxylic acids is 1. The molecule has 0 aromatic carbocycles. The maximum Gasteiger partial charge on any atom is 0.306 e.